The van der Waals surface area contributed by atoms with Crippen molar-refractivity contribution in [2.24, 2.45) is 28.7 Å². The Morgan fingerprint density at radius 3 is 2.32 bits per heavy atom. The van der Waals surface area contributed by atoms with Crippen molar-refractivity contribution in [3.63, 3.8) is 0 Å². The van der Waals surface area contributed by atoms with Gasteiger partial charge in [0.15, 0.2) is 0 Å². The van der Waals surface area contributed by atoms with Crippen LogP contribution < -0.4 is 10.6 Å². The molecule has 0 aliphatic carbocycles. The molecule has 0 spiro atoms. The van der Waals surface area contributed by atoms with Crippen molar-refractivity contribution < 1.29 is 28.7 Å². The number of rotatable bonds is 21. The van der Waals surface area contributed by atoms with Crippen molar-refractivity contribution in [1.29, 1.82) is 0 Å². The van der Waals surface area contributed by atoms with Gasteiger partial charge >= 0.3 is 0 Å². The maximum atomic E-state index is 14.2. The molecule has 8 atom stereocenters. The number of hydrogen-bond acceptors (Lipinski definition) is 8. The van der Waals surface area contributed by atoms with Gasteiger partial charge in [0.05, 0.1) is 47.7 Å². The van der Waals surface area contributed by atoms with Crippen LogP contribution in [0.1, 0.15) is 86.1 Å². The van der Waals surface area contributed by atoms with Crippen LogP contribution in [0.15, 0.2) is 36.0 Å². The summed E-state index contributed by atoms with van der Waals surface area (Å²) in [4.78, 5) is 62.8. The molecule has 4 amide bonds. The number of nitrogens with zero attached hydrogens (tertiary/aromatic N) is 3. The Hall–Kier alpha value is -3.40. The van der Waals surface area contributed by atoms with E-state index in [4.69, 9.17) is 9.47 Å². The third-order valence-corrected chi connectivity index (χ3v) is 11.1. The molecule has 1 unspecified atom stereocenters. The highest BCUT2D eigenvalue weighted by molar-refractivity contribution is 8.13. The van der Waals surface area contributed by atoms with E-state index in [9.17, 15) is 19.2 Å². The van der Waals surface area contributed by atoms with Crippen LogP contribution in [-0.4, -0.2) is 109 Å². The van der Waals surface area contributed by atoms with Crippen LogP contribution in [0, 0.1) is 35.8 Å². The van der Waals surface area contributed by atoms with E-state index in [1.807, 2.05) is 64.8 Å². The summed E-state index contributed by atoms with van der Waals surface area (Å²) in [5, 5.41) is 6.87. The van der Waals surface area contributed by atoms with E-state index in [-0.39, 0.29) is 53.8 Å². The van der Waals surface area contributed by atoms with E-state index < -0.39 is 36.3 Å². The van der Waals surface area contributed by atoms with Crippen molar-refractivity contribution in [2.75, 3.05) is 34.1 Å². The van der Waals surface area contributed by atoms with Gasteiger partial charge in [0.2, 0.25) is 23.6 Å². The second-order valence-electron chi connectivity index (χ2n) is 14.9. The normalized spacial score (nSPS) is 18.7. The van der Waals surface area contributed by atoms with E-state index in [0.717, 1.165) is 23.4 Å². The zero-order valence-electron chi connectivity index (χ0n) is 33.9. The second-order valence-corrected chi connectivity index (χ2v) is 15.8. The van der Waals surface area contributed by atoms with E-state index in [0.29, 0.717) is 25.8 Å². The molecule has 1 aliphatic heterocycles. The Labute approximate surface area is 323 Å². The largest absolute Gasteiger partial charge is 0.379 e. The maximum absolute atomic E-state index is 14.2. The van der Waals surface area contributed by atoms with Gasteiger partial charge in [-0.3, -0.25) is 24.2 Å². The molecule has 2 rings (SSSR count). The number of carbonyl (C=O) groups is 4. The van der Waals surface area contributed by atoms with E-state index in [1.54, 1.807) is 32.2 Å². The molecule has 1 heterocycles. The summed E-state index contributed by atoms with van der Waals surface area (Å²) < 4.78 is 12.0. The first kappa shape index (κ1) is 45.8. The van der Waals surface area contributed by atoms with Gasteiger partial charge in [-0.05, 0) is 67.0 Å². The fourth-order valence-corrected chi connectivity index (χ4v) is 7.87. The molecule has 1 saturated heterocycles. The molecule has 53 heavy (non-hydrogen) atoms. The molecule has 11 nitrogen and oxygen atoms in total. The van der Waals surface area contributed by atoms with Gasteiger partial charge in [-0.2, -0.15) is 0 Å². The molecule has 0 saturated carbocycles. The molecule has 296 valence electrons. The highest BCUT2D eigenvalue weighted by Crippen LogP contribution is 2.30. The Balaban J connectivity index is 2.29. The lowest BCUT2D eigenvalue weighted by molar-refractivity contribution is -0.147. The maximum Gasteiger partial charge on any atom is 0.245 e. The van der Waals surface area contributed by atoms with Crippen LogP contribution in [0.3, 0.4) is 0 Å². The third-order valence-electron chi connectivity index (χ3n) is 10.3. The molecule has 1 aliphatic rings. The van der Waals surface area contributed by atoms with Crippen molar-refractivity contribution in [2.45, 2.75) is 123 Å². The molecular formula is C41H65N5O6S. The molecule has 1 fully saturated rings. The Morgan fingerprint density at radius 1 is 1.09 bits per heavy atom. The van der Waals surface area contributed by atoms with Gasteiger partial charge in [-0.1, -0.05) is 73.6 Å². The van der Waals surface area contributed by atoms with Gasteiger partial charge in [0.1, 0.15) is 6.04 Å². The smallest absolute Gasteiger partial charge is 0.245 e. The summed E-state index contributed by atoms with van der Waals surface area (Å²) >= 11 is 1.45. The van der Waals surface area contributed by atoms with Crippen molar-refractivity contribution in [3.05, 3.63) is 48.7 Å². The van der Waals surface area contributed by atoms with Crippen LogP contribution in [-0.2, 0) is 35.1 Å². The number of methoxy groups -OCH3 is 2. The molecule has 1 aromatic carbocycles. The lowest BCUT2D eigenvalue weighted by atomic mass is 9.89. The summed E-state index contributed by atoms with van der Waals surface area (Å²) in [6.07, 6.45) is 5.33. The zero-order chi connectivity index (χ0) is 39.8. The summed E-state index contributed by atoms with van der Waals surface area (Å²) in [6.45, 7) is 18.0. The minimum atomic E-state index is -0.705. The molecule has 2 N–H and O–H groups in total. The van der Waals surface area contributed by atoms with Crippen LogP contribution in [0.5, 0.6) is 0 Å². The third kappa shape index (κ3) is 13.1. The monoisotopic (exact) mass is 755 g/mol. The average molecular weight is 756 g/mol. The number of amides is 4. The summed E-state index contributed by atoms with van der Waals surface area (Å²) in [6, 6.07) is 9.60. The van der Waals surface area contributed by atoms with Gasteiger partial charge < -0.3 is 29.9 Å². The number of hydrogen-bond donors (Lipinski definition) is 2. The summed E-state index contributed by atoms with van der Waals surface area (Å²) in [5.74, 6) is -1.25. The van der Waals surface area contributed by atoms with Crippen LogP contribution in [0.25, 0.3) is 0 Å². The lowest BCUT2D eigenvalue weighted by Gasteiger charge is -2.41. The first-order chi connectivity index (χ1) is 25.1. The SMILES string of the molecule is C=CN=C(SC)C(Cc1cc#ccc1)NC(=O)[C@H](C)[C@@H](OC)[C@@H]1CCCN1C(=O)C[C@@H](OC)[C@H]([C@@H](C)CC)N(C)C(=O)[C@@H](NC(=O)CC(C)C)C(C)C. The van der Waals surface area contributed by atoms with Crippen molar-refractivity contribution in [1.82, 2.24) is 20.4 Å². The minimum absolute atomic E-state index is 0.00125. The zero-order valence-corrected chi connectivity index (χ0v) is 34.8. The number of ether oxygens (including phenoxy) is 2. The number of likely N-dealkylation sites (N-methyl/N-ethyl adjacent to an activating group) is 1. The molecule has 1 aromatic rings. The van der Waals surface area contributed by atoms with Crippen LogP contribution >= 0.6 is 11.8 Å². The molecular weight excluding hydrogens is 691 g/mol. The standard InChI is InChI=1S/C41H65N5O6S/c1-13-28(7)37(45(9)41(50)36(27(5)6)44-34(47)23-26(3)4)33(51-10)25-35(48)46-22-18-21-32(46)38(52-11)29(8)39(49)43-31(40(53-12)42-14-2)24-30-19-16-15-17-20-30/h14,16,19-20,26-29,31-33,36-38H,2,13,18,21-25H2,1,3-12H3,(H,43,49)(H,44,47)/t28-,29+,31?,32-,33+,36-,37-,38+/m0/s1. The average Bonchev–Trinajstić information content (AvgIpc) is 3.61. The number of nitrogens with one attached hydrogen (secondary N) is 2. The molecule has 0 bridgehead atoms. The van der Waals surface area contributed by atoms with Gasteiger partial charge in [0, 0.05) is 40.4 Å². The second kappa shape index (κ2) is 22.7. The highest BCUT2D eigenvalue weighted by atomic mass is 32.2. The fourth-order valence-electron chi connectivity index (χ4n) is 7.26. The first-order valence-electron chi connectivity index (χ1n) is 19.0. The first-order valence-corrected chi connectivity index (χ1v) is 20.2. The Bertz CT molecular complexity index is 1360. The molecule has 12 heteroatoms. The summed E-state index contributed by atoms with van der Waals surface area (Å²) in [5.41, 5.74) is 0.981. The Morgan fingerprint density at radius 2 is 1.79 bits per heavy atom. The number of thioether (sulfide) groups is 1. The molecule has 0 aromatic heterocycles. The lowest BCUT2D eigenvalue weighted by Crippen LogP contribution is -2.58. The Kier molecular flexibility index (Phi) is 19.6. The summed E-state index contributed by atoms with van der Waals surface area (Å²) in [7, 11) is 4.89. The number of likely N-dealkylation sites (tertiary alicyclic amines) is 1. The van der Waals surface area contributed by atoms with Gasteiger partial charge in [-0.15, -0.1) is 11.8 Å². The van der Waals surface area contributed by atoms with E-state index in [2.05, 4.69) is 41.3 Å². The van der Waals surface area contributed by atoms with E-state index in [1.165, 1.54) is 18.0 Å². The van der Waals surface area contributed by atoms with Gasteiger partial charge in [0.25, 0.3) is 0 Å². The molecule has 0 radical (unpaired) electrons. The topological polar surface area (TPSA) is 130 Å². The predicted octanol–water partition coefficient (Wildman–Crippen LogP) is 5.33. The predicted molar refractivity (Wildman–Crippen MR) is 213 cm³/mol. The van der Waals surface area contributed by atoms with E-state index >= 15 is 0 Å². The fraction of sp³-hybridized carbons (Fsp3) is 0.683. The minimum Gasteiger partial charge on any atom is -0.379 e. The number of aliphatic imine (C=N–C) groups is 1. The van der Waals surface area contributed by atoms with Crippen molar-refractivity contribution in [3.8, 4) is 0 Å². The van der Waals surface area contributed by atoms with Crippen LogP contribution in [0.4, 0.5) is 0 Å². The highest BCUT2D eigenvalue weighted by Gasteiger charge is 2.43. The van der Waals surface area contributed by atoms with Crippen LogP contribution in [0.2, 0.25) is 0 Å². The van der Waals surface area contributed by atoms with Gasteiger partial charge in [-0.25, -0.2) is 0 Å². The van der Waals surface area contributed by atoms with Crippen molar-refractivity contribution >= 4 is 40.4 Å². The number of carbonyl (C=O) groups excluding carboxylic acids is 4. The quantitative estimate of drug-likeness (QED) is 0.128.